The predicted octanol–water partition coefficient (Wildman–Crippen LogP) is 3.59. The van der Waals surface area contributed by atoms with Gasteiger partial charge in [0.05, 0.1) is 12.8 Å². The summed E-state index contributed by atoms with van der Waals surface area (Å²) in [5, 5.41) is 7.21. The highest BCUT2D eigenvalue weighted by molar-refractivity contribution is 5.93. The molecule has 3 aromatic rings. The number of methoxy groups -OCH3 is 1. The minimum atomic E-state index is -0.0238. The van der Waals surface area contributed by atoms with Gasteiger partial charge in [-0.2, -0.15) is 5.10 Å². The lowest BCUT2D eigenvalue weighted by Crippen LogP contribution is -2.36. The zero-order chi connectivity index (χ0) is 18.1. The smallest absolute Gasteiger partial charge is 0.272 e. The molecule has 1 aliphatic rings. The first-order valence-electron chi connectivity index (χ1n) is 8.71. The van der Waals surface area contributed by atoms with E-state index in [2.05, 4.69) is 16.3 Å². The maximum Gasteiger partial charge on any atom is 0.272 e. The fraction of sp³-hybridized carbons (Fsp3) is 0.238. The molecule has 132 valence electrons. The number of nitrogens with one attached hydrogen (secondary N) is 1. The fourth-order valence-electron chi connectivity index (χ4n) is 3.31. The molecule has 2 heterocycles. The number of ether oxygens (including phenoxy) is 1. The summed E-state index contributed by atoms with van der Waals surface area (Å²) in [7, 11) is 1.66. The Morgan fingerprint density at radius 1 is 1.12 bits per heavy atom. The highest BCUT2D eigenvalue weighted by Gasteiger charge is 2.23. The van der Waals surface area contributed by atoms with Crippen molar-refractivity contribution in [3.8, 4) is 17.0 Å². The van der Waals surface area contributed by atoms with E-state index < -0.39 is 0 Å². The minimum absolute atomic E-state index is 0.0238. The first kappa shape index (κ1) is 16.4. The van der Waals surface area contributed by atoms with Crippen LogP contribution in [0.3, 0.4) is 0 Å². The van der Waals surface area contributed by atoms with Gasteiger partial charge in [-0.3, -0.25) is 9.89 Å². The highest BCUT2D eigenvalue weighted by Crippen LogP contribution is 2.25. The van der Waals surface area contributed by atoms with Gasteiger partial charge >= 0.3 is 0 Å². The van der Waals surface area contributed by atoms with Crippen molar-refractivity contribution in [2.24, 2.45) is 0 Å². The van der Waals surface area contributed by atoms with E-state index in [1.807, 2.05) is 54.3 Å². The fourth-order valence-corrected chi connectivity index (χ4v) is 3.31. The van der Waals surface area contributed by atoms with Gasteiger partial charge in [0.1, 0.15) is 11.4 Å². The van der Waals surface area contributed by atoms with Gasteiger partial charge in [0, 0.05) is 18.7 Å². The van der Waals surface area contributed by atoms with Crippen molar-refractivity contribution in [3.63, 3.8) is 0 Å². The van der Waals surface area contributed by atoms with E-state index in [4.69, 9.17) is 4.74 Å². The molecule has 5 heteroatoms. The number of nitrogens with zero attached hydrogens (tertiary/aromatic N) is 2. The molecule has 0 saturated heterocycles. The molecule has 0 radical (unpaired) electrons. The average Bonchev–Trinajstić information content (AvgIpc) is 3.17. The quantitative estimate of drug-likeness (QED) is 0.788. The first-order chi connectivity index (χ1) is 12.6. The molecule has 0 spiro atoms. The SMILES string of the molecule is COc1ccc2c(c1)CN(C(=O)c1cc(-c3ccc(C)cc3)n[nH]1)CC2. The van der Waals surface area contributed by atoms with Crippen LogP contribution in [0.1, 0.15) is 27.2 Å². The maximum atomic E-state index is 12.9. The number of aromatic amines is 1. The Morgan fingerprint density at radius 3 is 2.69 bits per heavy atom. The van der Waals surface area contributed by atoms with Gasteiger partial charge in [-0.25, -0.2) is 0 Å². The monoisotopic (exact) mass is 347 g/mol. The number of hydrogen-bond donors (Lipinski definition) is 1. The summed E-state index contributed by atoms with van der Waals surface area (Å²) in [6.07, 6.45) is 0.851. The Morgan fingerprint density at radius 2 is 1.92 bits per heavy atom. The standard InChI is InChI=1S/C21H21N3O2/c1-14-3-5-16(6-4-14)19-12-20(23-22-19)21(25)24-10-9-15-7-8-18(26-2)11-17(15)13-24/h3-8,11-12H,9-10,13H2,1-2H3,(H,22,23). The number of hydrogen-bond acceptors (Lipinski definition) is 3. The molecule has 0 aliphatic carbocycles. The van der Waals surface area contributed by atoms with Crippen LogP contribution in [0.2, 0.25) is 0 Å². The number of carbonyl (C=O) groups is 1. The van der Waals surface area contributed by atoms with E-state index in [0.29, 0.717) is 18.8 Å². The summed E-state index contributed by atoms with van der Waals surface area (Å²) in [5.74, 6) is 0.797. The zero-order valence-corrected chi connectivity index (χ0v) is 15.0. The third-order valence-corrected chi connectivity index (χ3v) is 4.87. The number of H-pyrrole nitrogens is 1. The number of amides is 1. The summed E-state index contributed by atoms with van der Waals surface area (Å²) in [5.41, 5.74) is 5.92. The van der Waals surface area contributed by atoms with Gasteiger partial charge in [-0.05, 0) is 42.7 Å². The number of benzene rings is 2. The maximum absolute atomic E-state index is 12.9. The summed E-state index contributed by atoms with van der Waals surface area (Å²) >= 11 is 0. The average molecular weight is 347 g/mol. The van der Waals surface area contributed by atoms with E-state index in [1.165, 1.54) is 11.1 Å². The molecule has 0 bridgehead atoms. The molecule has 1 amide bonds. The second kappa shape index (κ2) is 6.67. The van der Waals surface area contributed by atoms with Crippen LogP contribution in [0.5, 0.6) is 5.75 Å². The van der Waals surface area contributed by atoms with E-state index in [9.17, 15) is 4.79 Å². The van der Waals surface area contributed by atoms with Crippen molar-refractivity contribution in [2.75, 3.05) is 13.7 Å². The van der Waals surface area contributed by atoms with Gasteiger partial charge in [0.2, 0.25) is 0 Å². The van der Waals surface area contributed by atoms with Crippen LogP contribution in [0.25, 0.3) is 11.3 Å². The van der Waals surface area contributed by atoms with Gasteiger partial charge < -0.3 is 9.64 Å². The van der Waals surface area contributed by atoms with E-state index in [-0.39, 0.29) is 5.91 Å². The lowest BCUT2D eigenvalue weighted by Gasteiger charge is -2.28. The summed E-state index contributed by atoms with van der Waals surface area (Å²) in [6, 6.07) is 16.0. The van der Waals surface area contributed by atoms with Crippen molar-refractivity contribution in [1.29, 1.82) is 0 Å². The number of aromatic nitrogens is 2. The normalized spacial score (nSPS) is 13.4. The number of carbonyl (C=O) groups excluding carboxylic acids is 1. The Kier molecular flexibility index (Phi) is 4.21. The van der Waals surface area contributed by atoms with E-state index in [0.717, 1.165) is 29.0 Å². The topological polar surface area (TPSA) is 58.2 Å². The van der Waals surface area contributed by atoms with Crippen LogP contribution in [-0.4, -0.2) is 34.7 Å². The van der Waals surface area contributed by atoms with Crippen molar-refractivity contribution < 1.29 is 9.53 Å². The number of fused-ring (bicyclic) bond motifs is 1. The Labute approximate surface area is 152 Å². The third kappa shape index (κ3) is 3.08. The zero-order valence-electron chi connectivity index (χ0n) is 15.0. The highest BCUT2D eigenvalue weighted by atomic mass is 16.5. The molecule has 0 saturated carbocycles. The van der Waals surface area contributed by atoms with Crippen LogP contribution in [0, 0.1) is 6.92 Å². The van der Waals surface area contributed by atoms with Crippen molar-refractivity contribution in [2.45, 2.75) is 19.9 Å². The second-order valence-corrected chi connectivity index (χ2v) is 6.64. The van der Waals surface area contributed by atoms with E-state index >= 15 is 0 Å². The third-order valence-electron chi connectivity index (χ3n) is 4.87. The Bertz CT molecular complexity index is 944. The van der Waals surface area contributed by atoms with Crippen LogP contribution >= 0.6 is 0 Å². The van der Waals surface area contributed by atoms with Gasteiger partial charge in [0.25, 0.3) is 5.91 Å². The van der Waals surface area contributed by atoms with Gasteiger partial charge in [-0.1, -0.05) is 35.9 Å². The van der Waals surface area contributed by atoms with Crippen LogP contribution in [0.4, 0.5) is 0 Å². The van der Waals surface area contributed by atoms with Crippen molar-refractivity contribution in [1.82, 2.24) is 15.1 Å². The van der Waals surface area contributed by atoms with Gasteiger partial charge in [0.15, 0.2) is 0 Å². The van der Waals surface area contributed by atoms with Gasteiger partial charge in [-0.15, -0.1) is 0 Å². The largest absolute Gasteiger partial charge is 0.497 e. The first-order valence-corrected chi connectivity index (χ1v) is 8.71. The molecule has 2 aromatic carbocycles. The molecule has 1 N–H and O–H groups in total. The van der Waals surface area contributed by atoms with E-state index in [1.54, 1.807) is 7.11 Å². The molecule has 0 fully saturated rings. The Hall–Kier alpha value is -3.08. The number of rotatable bonds is 3. The van der Waals surface area contributed by atoms with Crippen molar-refractivity contribution in [3.05, 3.63) is 70.9 Å². The molecule has 1 aliphatic heterocycles. The minimum Gasteiger partial charge on any atom is -0.497 e. The Balaban J connectivity index is 1.54. The lowest BCUT2D eigenvalue weighted by molar-refractivity contribution is 0.0728. The molecule has 4 rings (SSSR count). The lowest BCUT2D eigenvalue weighted by atomic mass is 9.99. The van der Waals surface area contributed by atoms with Crippen LogP contribution in [0.15, 0.2) is 48.5 Å². The van der Waals surface area contributed by atoms with Crippen LogP contribution < -0.4 is 4.74 Å². The molecule has 26 heavy (non-hydrogen) atoms. The summed E-state index contributed by atoms with van der Waals surface area (Å²) in [4.78, 5) is 14.7. The molecule has 5 nitrogen and oxygen atoms in total. The van der Waals surface area contributed by atoms with Crippen molar-refractivity contribution >= 4 is 5.91 Å². The summed E-state index contributed by atoms with van der Waals surface area (Å²) < 4.78 is 5.30. The summed E-state index contributed by atoms with van der Waals surface area (Å²) in [6.45, 7) is 3.34. The molecular weight excluding hydrogens is 326 g/mol. The molecular formula is C21H21N3O2. The number of aryl methyl sites for hydroxylation is 1. The molecule has 0 atom stereocenters. The molecule has 1 aromatic heterocycles. The molecule has 0 unspecified atom stereocenters. The van der Waals surface area contributed by atoms with Crippen LogP contribution in [-0.2, 0) is 13.0 Å². The predicted molar refractivity (Wildman–Crippen MR) is 100 cm³/mol. The second-order valence-electron chi connectivity index (χ2n) is 6.64.